The number of aromatic nitrogens is 2. The summed E-state index contributed by atoms with van der Waals surface area (Å²) in [5, 5.41) is 3.45. The van der Waals surface area contributed by atoms with Crippen molar-refractivity contribution in [3.8, 4) is 10.6 Å². The van der Waals surface area contributed by atoms with Crippen LogP contribution in [-0.4, -0.2) is 46.6 Å². The van der Waals surface area contributed by atoms with Gasteiger partial charge in [-0.3, -0.25) is 9.78 Å². The molecule has 26 heavy (non-hydrogen) atoms. The molecule has 7 nitrogen and oxygen atoms in total. The van der Waals surface area contributed by atoms with Gasteiger partial charge in [0.15, 0.2) is 5.13 Å². The van der Waals surface area contributed by atoms with E-state index < -0.39 is 0 Å². The molecule has 2 amide bonds. The Balaban J connectivity index is 1.66. The minimum Gasteiger partial charge on any atom is -0.450 e. The smallest absolute Gasteiger partial charge is 0.409 e. The molecule has 3 rings (SSSR count). The first kappa shape index (κ1) is 18.3. The second-order valence-electron chi connectivity index (χ2n) is 6.12. The first-order valence-electron chi connectivity index (χ1n) is 8.70. The Hall–Kier alpha value is -2.48. The summed E-state index contributed by atoms with van der Waals surface area (Å²) >= 11 is 1.41. The molecule has 0 aromatic carbocycles. The standard InChI is InChI=1S/C18H22N4O3S/c1-3-25-18(24)22-10-6-7-13(11-22)16(23)21-17-20-12(2)15(26-17)14-8-4-5-9-19-14/h4-5,8-9,13H,3,6-7,10-11H2,1-2H3,(H,20,21,23)/t13-/m0/s1. The second-order valence-corrected chi connectivity index (χ2v) is 7.12. The van der Waals surface area contributed by atoms with Crippen LogP contribution in [0.3, 0.4) is 0 Å². The summed E-state index contributed by atoms with van der Waals surface area (Å²) in [4.78, 5) is 35.8. The molecule has 0 spiro atoms. The molecular weight excluding hydrogens is 352 g/mol. The molecular formula is C18H22N4O3S. The number of nitrogens with zero attached hydrogens (tertiary/aromatic N) is 3. The van der Waals surface area contributed by atoms with Crippen molar-refractivity contribution in [1.29, 1.82) is 0 Å². The Morgan fingerprint density at radius 1 is 1.42 bits per heavy atom. The van der Waals surface area contributed by atoms with Crippen molar-refractivity contribution in [2.75, 3.05) is 25.0 Å². The summed E-state index contributed by atoms with van der Waals surface area (Å²) in [5.74, 6) is -0.365. The summed E-state index contributed by atoms with van der Waals surface area (Å²) in [5.41, 5.74) is 1.68. The highest BCUT2D eigenvalue weighted by molar-refractivity contribution is 7.19. The molecule has 0 unspecified atom stereocenters. The maximum Gasteiger partial charge on any atom is 0.409 e. The third-order valence-electron chi connectivity index (χ3n) is 4.24. The van der Waals surface area contributed by atoms with Crippen LogP contribution in [0.15, 0.2) is 24.4 Å². The van der Waals surface area contributed by atoms with Crippen molar-refractivity contribution in [3.63, 3.8) is 0 Å². The Bertz CT molecular complexity index is 778. The van der Waals surface area contributed by atoms with Crippen LogP contribution in [0.1, 0.15) is 25.5 Å². The Labute approximate surface area is 156 Å². The number of rotatable bonds is 4. The first-order chi connectivity index (χ1) is 12.6. The molecule has 8 heteroatoms. The lowest BCUT2D eigenvalue weighted by atomic mass is 9.97. The average Bonchev–Trinajstić information content (AvgIpc) is 3.03. The van der Waals surface area contributed by atoms with Gasteiger partial charge >= 0.3 is 6.09 Å². The quantitative estimate of drug-likeness (QED) is 0.887. The fourth-order valence-corrected chi connectivity index (χ4v) is 3.91. The van der Waals surface area contributed by atoms with Gasteiger partial charge in [-0.05, 0) is 38.8 Å². The van der Waals surface area contributed by atoms with Gasteiger partial charge in [0.1, 0.15) is 0 Å². The van der Waals surface area contributed by atoms with E-state index in [9.17, 15) is 9.59 Å². The number of anilines is 1. The van der Waals surface area contributed by atoms with Gasteiger partial charge in [0, 0.05) is 19.3 Å². The number of aryl methyl sites for hydroxylation is 1. The fraction of sp³-hybridized carbons (Fsp3) is 0.444. The second kappa shape index (κ2) is 8.27. The third kappa shape index (κ3) is 4.19. The molecule has 1 aliphatic rings. The Morgan fingerprint density at radius 3 is 3.00 bits per heavy atom. The molecule has 0 aliphatic carbocycles. The Morgan fingerprint density at radius 2 is 2.27 bits per heavy atom. The predicted molar refractivity (Wildman–Crippen MR) is 100 cm³/mol. The number of carbonyl (C=O) groups excluding carboxylic acids is 2. The molecule has 1 saturated heterocycles. The summed E-state index contributed by atoms with van der Waals surface area (Å²) in [6, 6.07) is 5.71. The van der Waals surface area contributed by atoms with Crippen molar-refractivity contribution in [2.45, 2.75) is 26.7 Å². The summed E-state index contributed by atoms with van der Waals surface area (Å²) < 4.78 is 5.03. The molecule has 138 valence electrons. The van der Waals surface area contributed by atoms with E-state index >= 15 is 0 Å². The van der Waals surface area contributed by atoms with Crippen LogP contribution in [-0.2, 0) is 9.53 Å². The van der Waals surface area contributed by atoms with Crippen LogP contribution >= 0.6 is 11.3 Å². The molecule has 1 N–H and O–H groups in total. The van der Waals surface area contributed by atoms with Crippen molar-refractivity contribution < 1.29 is 14.3 Å². The van der Waals surface area contributed by atoms with Crippen LogP contribution in [0.2, 0.25) is 0 Å². The lowest BCUT2D eigenvalue weighted by Gasteiger charge is -2.30. The van der Waals surface area contributed by atoms with E-state index in [1.807, 2.05) is 25.1 Å². The minimum atomic E-state index is -0.354. The number of piperidine rings is 1. The summed E-state index contributed by atoms with van der Waals surface area (Å²) in [6.07, 6.45) is 2.91. The number of hydrogen-bond acceptors (Lipinski definition) is 6. The maximum atomic E-state index is 12.6. The first-order valence-corrected chi connectivity index (χ1v) is 9.51. The maximum absolute atomic E-state index is 12.6. The monoisotopic (exact) mass is 374 g/mol. The highest BCUT2D eigenvalue weighted by Gasteiger charge is 2.29. The molecule has 2 aromatic rings. The Kier molecular flexibility index (Phi) is 5.82. The van der Waals surface area contributed by atoms with Crippen molar-refractivity contribution in [2.24, 2.45) is 5.92 Å². The van der Waals surface area contributed by atoms with Crippen LogP contribution in [0.5, 0.6) is 0 Å². The number of pyridine rings is 1. The van der Waals surface area contributed by atoms with Gasteiger partial charge in [-0.2, -0.15) is 0 Å². The zero-order valence-electron chi connectivity index (χ0n) is 14.9. The van der Waals surface area contributed by atoms with Crippen LogP contribution < -0.4 is 5.32 Å². The van der Waals surface area contributed by atoms with Gasteiger partial charge in [0.2, 0.25) is 5.91 Å². The lowest BCUT2D eigenvalue weighted by Crippen LogP contribution is -2.44. The molecule has 2 aromatic heterocycles. The van der Waals surface area contributed by atoms with Crippen molar-refractivity contribution in [3.05, 3.63) is 30.1 Å². The number of nitrogens with one attached hydrogen (secondary N) is 1. The van der Waals surface area contributed by atoms with Gasteiger partial charge in [-0.1, -0.05) is 17.4 Å². The predicted octanol–water partition coefficient (Wildman–Crippen LogP) is 3.32. The molecule has 0 bridgehead atoms. The number of likely N-dealkylation sites (tertiary alicyclic amines) is 1. The summed E-state index contributed by atoms with van der Waals surface area (Å²) in [6.45, 7) is 5.01. The van der Waals surface area contributed by atoms with E-state index in [1.54, 1.807) is 18.0 Å². The van der Waals surface area contributed by atoms with Crippen molar-refractivity contribution >= 4 is 28.5 Å². The average molecular weight is 374 g/mol. The zero-order chi connectivity index (χ0) is 18.5. The van der Waals surface area contributed by atoms with Crippen LogP contribution in [0.4, 0.5) is 9.93 Å². The van der Waals surface area contributed by atoms with E-state index in [4.69, 9.17) is 4.74 Å². The number of hydrogen-bond donors (Lipinski definition) is 1. The topological polar surface area (TPSA) is 84.4 Å². The van der Waals surface area contributed by atoms with E-state index in [-0.39, 0.29) is 17.9 Å². The lowest BCUT2D eigenvalue weighted by molar-refractivity contribution is -0.121. The fourth-order valence-electron chi connectivity index (χ4n) is 2.96. The van der Waals surface area contributed by atoms with E-state index in [2.05, 4.69) is 15.3 Å². The van der Waals surface area contributed by atoms with Gasteiger partial charge in [-0.25, -0.2) is 9.78 Å². The van der Waals surface area contributed by atoms with Crippen LogP contribution in [0.25, 0.3) is 10.6 Å². The normalized spacial score (nSPS) is 17.0. The molecule has 0 saturated carbocycles. The largest absolute Gasteiger partial charge is 0.450 e. The van der Waals surface area contributed by atoms with Gasteiger partial charge in [0.05, 0.1) is 28.8 Å². The molecule has 3 heterocycles. The van der Waals surface area contributed by atoms with E-state index in [0.717, 1.165) is 29.1 Å². The third-order valence-corrected chi connectivity index (χ3v) is 5.34. The molecule has 0 radical (unpaired) electrons. The molecule has 1 atom stereocenters. The van der Waals surface area contributed by atoms with Gasteiger partial charge < -0.3 is 15.0 Å². The van der Waals surface area contributed by atoms with Gasteiger partial charge in [0.25, 0.3) is 0 Å². The van der Waals surface area contributed by atoms with E-state index in [1.165, 1.54) is 11.3 Å². The molecule has 1 aliphatic heterocycles. The number of carbonyl (C=O) groups is 2. The number of thiazole rings is 1. The SMILES string of the molecule is CCOC(=O)N1CCC[C@H](C(=O)Nc2nc(C)c(-c3ccccn3)s2)C1. The minimum absolute atomic E-state index is 0.111. The number of amides is 2. The van der Waals surface area contributed by atoms with E-state index in [0.29, 0.717) is 24.8 Å². The zero-order valence-corrected chi connectivity index (χ0v) is 15.7. The van der Waals surface area contributed by atoms with Crippen LogP contribution in [0, 0.1) is 12.8 Å². The van der Waals surface area contributed by atoms with Crippen molar-refractivity contribution in [1.82, 2.24) is 14.9 Å². The highest BCUT2D eigenvalue weighted by Crippen LogP contribution is 2.31. The molecule has 1 fully saturated rings. The highest BCUT2D eigenvalue weighted by atomic mass is 32.1. The van der Waals surface area contributed by atoms with Gasteiger partial charge in [-0.15, -0.1) is 0 Å². The summed E-state index contributed by atoms with van der Waals surface area (Å²) in [7, 11) is 0. The number of ether oxygens (including phenoxy) is 1.